The largest absolute Gasteiger partial charge is 0.302 e. The molecule has 0 saturated carbocycles. The van der Waals surface area contributed by atoms with Gasteiger partial charge in [0.05, 0.1) is 10.2 Å². The maximum Gasteiger partial charge on any atom is 0.260 e. The number of hydrogen-bond donors (Lipinski definition) is 0. The van der Waals surface area contributed by atoms with Crippen molar-refractivity contribution in [2.45, 2.75) is 34.6 Å². The third-order valence-electron chi connectivity index (χ3n) is 5.20. The Labute approximate surface area is 171 Å². The van der Waals surface area contributed by atoms with Gasteiger partial charge in [0.2, 0.25) is 0 Å². The number of aromatic nitrogens is 1. The number of carbonyl (C=O) groups is 1. The Morgan fingerprint density at radius 1 is 1.00 bits per heavy atom. The van der Waals surface area contributed by atoms with Crippen molar-refractivity contribution in [3.05, 3.63) is 58.7 Å². The molecule has 0 spiro atoms. The molecule has 4 nitrogen and oxygen atoms in total. The lowest BCUT2D eigenvalue weighted by atomic mass is 10.1. The molecule has 0 aliphatic rings. The fraction of sp³-hybridized carbons (Fsp3) is 0.391. The molecule has 0 N–H and O–H groups in total. The molecule has 0 saturated heterocycles. The van der Waals surface area contributed by atoms with E-state index in [9.17, 15) is 4.79 Å². The Morgan fingerprint density at radius 3 is 2.39 bits per heavy atom. The number of hydrogen-bond acceptors (Lipinski definition) is 4. The van der Waals surface area contributed by atoms with E-state index < -0.39 is 0 Å². The fourth-order valence-corrected chi connectivity index (χ4v) is 4.66. The number of aryl methyl sites for hydroxylation is 3. The number of fused-ring (bicyclic) bond motifs is 1. The summed E-state index contributed by atoms with van der Waals surface area (Å²) in [5, 5.41) is 0.782. The van der Waals surface area contributed by atoms with E-state index in [1.165, 1.54) is 5.56 Å². The first kappa shape index (κ1) is 20.5. The van der Waals surface area contributed by atoms with Gasteiger partial charge in [-0.3, -0.25) is 9.69 Å². The van der Waals surface area contributed by atoms with E-state index in [-0.39, 0.29) is 5.91 Å². The van der Waals surface area contributed by atoms with E-state index in [2.05, 4.69) is 44.7 Å². The Morgan fingerprint density at radius 2 is 1.71 bits per heavy atom. The van der Waals surface area contributed by atoms with Gasteiger partial charge in [-0.2, -0.15) is 0 Å². The van der Waals surface area contributed by atoms with Crippen molar-refractivity contribution in [3.63, 3.8) is 0 Å². The second kappa shape index (κ2) is 8.84. The number of thiazole rings is 1. The number of likely N-dealkylation sites (N-methyl/N-ethyl adjacent to an activating group) is 1. The lowest BCUT2D eigenvalue weighted by molar-refractivity contribution is 0.0983. The van der Waals surface area contributed by atoms with Crippen LogP contribution in [-0.2, 0) is 0 Å². The average molecular weight is 396 g/mol. The summed E-state index contributed by atoms with van der Waals surface area (Å²) < 4.78 is 1.14. The zero-order valence-electron chi connectivity index (χ0n) is 17.5. The molecule has 1 amide bonds. The third kappa shape index (κ3) is 4.26. The molecule has 2 aromatic carbocycles. The quantitative estimate of drug-likeness (QED) is 0.551. The highest BCUT2D eigenvalue weighted by Crippen LogP contribution is 2.32. The molecule has 148 valence electrons. The summed E-state index contributed by atoms with van der Waals surface area (Å²) in [6, 6.07) is 12.1. The van der Waals surface area contributed by atoms with E-state index in [4.69, 9.17) is 4.98 Å². The van der Waals surface area contributed by atoms with Gasteiger partial charge in [-0.25, -0.2) is 4.98 Å². The van der Waals surface area contributed by atoms with E-state index in [0.717, 1.165) is 51.7 Å². The number of nitrogens with zero attached hydrogens (tertiary/aromatic N) is 3. The Hall–Kier alpha value is -2.24. The average Bonchev–Trinajstić information content (AvgIpc) is 3.09. The first-order chi connectivity index (χ1) is 13.4. The molecule has 0 unspecified atom stereocenters. The monoisotopic (exact) mass is 395 g/mol. The van der Waals surface area contributed by atoms with Crippen LogP contribution in [0.2, 0.25) is 0 Å². The predicted octanol–water partition coefficient (Wildman–Crippen LogP) is 5.21. The van der Waals surface area contributed by atoms with Gasteiger partial charge in [-0.05, 0) is 62.7 Å². The topological polar surface area (TPSA) is 36.4 Å². The van der Waals surface area contributed by atoms with Crippen molar-refractivity contribution in [2.75, 3.05) is 31.1 Å². The molecule has 0 aliphatic heterocycles. The molecule has 0 aliphatic carbocycles. The van der Waals surface area contributed by atoms with Crippen molar-refractivity contribution < 1.29 is 4.79 Å². The molecule has 0 bridgehead atoms. The summed E-state index contributed by atoms with van der Waals surface area (Å²) >= 11 is 1.60. The van der Waals surface area contributed by atoms with Gasteiger partial charge in [0, 0.05) is 18.7 Å². The summed E-state index contributed by atoms with van der Waals surface area (Å²) in [4.78, 5) is 22.5. The van der Waals surface area contributed by atoms with Crippen molar-refractivity contribution in [2.24, 2.45) is 0 Å². The van der Waals surface area contributed by atoms with Gasteiger partial charge in [-0.15, -0.1) is 0 Å². The number of carbonyl (C=O) groups excluding carboxylic acids is 1. The van der Waals surface area contributed by atoms with Crippen LogP contribution in [0, 0.1) is 20.8 Å². The molecule has 28 heavy (non-hydrogen) atoms. The fourth-order valence-electron chi connectivity index (χ4n) is 3.50. The number of benzene rings is 2. The Bertz CT molecular complexity index is 975. The normalized spacial score (nSPS) is 11.4. The second-order valence-electron chi connectivity index (χ2n) is 7.22. The van der Waals surface area contributed by atoms with Crippen LogP contribution in [-0.4, -0.2) is 42.0 Å². The summed E-state index contributed by atoms with van der Waals surface area (Å²) in [5.41, 5.74) is 5.11. The maximum atomic E-state index is 13.5. The molecule has 0 radical (unpaired) electrons. The Kier molecular flexibility index (Phi) is 6.47. The highest BCUT2D eigenvalue weighted by atomic mass is 32.1. The molecular weight excluding hydrogens is 366 g/mol. The molecule has 0 fully saturated rings. The summed E-state index contributed by atoms with van der Waals surface area (Å²) in [6.07, 6.45) is 0. The van der Waals surface area contributed by atoms with Crippen molar-refractivity contribution in [1.29, 1.82) is 0 Å². The maximum absolute atomic E-state index is 13.5. The number of amides is 1. The van der Waals surface area contributed by atoms with Gasteiger partial charge < -0.3 is 4.90 Å². The van der Waals surface area contributed by atoms with Crippen LogP contribution in [0.4, 0.5) is 5.13 Å². The zero-order chi connectivity index (χ0) is 20.3. The minimum Gasteiger partial charge on any atom is -0.302 e. The Balaban J connectivity index is 2.02. The van der Waals surface area contributed by atoms with Gasteiger partial charge >= 0.3 is 0 Å². The molecule has 3 aromatic rings. The third-order valence-corrected chi connectivity index (χ3v) is 6.23. The van der Waals surface area contributed by atoms with E-state index in [0.29, 0.717) is 6.54 Å². The molecule has 1 heterocycles. The number of anilines is 1. The van der Waals surface area contributed by atoms with Gasteiger partial charge in [0.15, 0.2) is 5.13 Å². The highest BCUT2D eigenvalue weighted by molar-refractivity contribution is 7.22. The first-order valence-corrected chi connectivity index (χ1v) is 10.7. The lowest BCUT2D eigenvalue weighted by Crippen LogP contribution is -2.39. The molecule has 3 rings (SSSR count). The molecular formula is C23H29N3OS. The zero-order valence-corrected chi connectivity index (χ0v) is 18.3. The highest BCUT2D eigenvalue weighted by Gasteiger charge is 2.23. The van der Waals surface area contributed by atoms with Crippen LogP contribution in [0.5, 0.6) is 0 Å². The first-order valence-electron chi connectivity index (χ1n) is 9.92. The second-order valence-corrected chi connectivity index (χ2v) is 8.23. The van der Waals surface area contributed by atoms with Crippen LogP contribution in [0.15, 0.2) is 36.4 Å². The summed E-state index contributed by atoms with van der Waals surface area (Å²) in [6.45, 7) is 13.9. The van der Waals surface area contributed by atoms with Crippen LogP contribution in [0.1, 0.15) is 40.9 Å². The van der Waals surface area contributed by atoms with Gasteiger partial charge in [-0.1, -0.05) is 49.4 Å². The number of rotatable bonds is 7. The minimum atomic E-state index is 0.0266. The van der Waals surface area contributed by atoms with Crippen LogP contribution in [0.25, 0.3) is 10.2 Å². The van der Waals surface area contributed by atoms with Crippen molar-refractivity contribution >= 4 is 32.6 Å². The predicted molar refractivity (Wildman–Crippen MR) is 120 cm³/mol. The van der Waals surface area contributed by atoms with Crippen molar-refractivity contribution in [1.82, 2.24) is 9.88 Å². The van der Waals surface area contributed by atoms with E-state index in [1.807, 2.05) is 36.1 Å². The van der Waals surface area contributed by atoms with E-state index >= 15 is 0 Å². The SMILES string of the molecule is CCN(CC)CCN(C(=O)c1ccccc1C)c1nc2c(C)cc(C)cc2s1. The molecule has 0 atom stereocenters. The van der Waals surface area contributed by atoms with E-state index in [1.54, 1.807) is 11.3 Å². The smallest absolute Gasteiger partial charge is 0.260 e. The van der Waals surface area contributed by atoms with Gasteiger partial charge in [0.1, 0.15) is 0 Å². The lowest BCUT2D eigenvalue weighted by Gasteiger charge is -2.25. The van der Waals surface area contributed by atoms with Crippen LogP contribution in [0.3, 0.4) is 0 Å². The summed E-state index contributed by atoms with van der Waals surface area (Å²) in [5.74, 6) is 0.0266. The van der Waals surface area contributed by atoms with Gasteiger partial charge in [0.25, 0.3) is 5.91 Å². The summed E-state index contributed by atoms with van der Waals surface area (Å²) in [7, 11) is 0. The standard InChI is InChI=1S/C23H29N3OS/c1-6-25(7-2)12-13-26(22(27)19-11-9-8-10-17(19)4)23-24-21-18(5)14-16(3)15-20(21)28-23/h8-11,14-15H,6-7,12-13H2,1-5H3. The molecule has 1 aromatic heterocycles. The minimum absolute atomic E-state index is 0.0266. The van der Waals surface area contributed by atoms with Crippen LogP contribution < -0.4 is 4.90 Å². The van der Waals surface area contributed by atoms with Crippen LogP contribution >= 0.6 is 11.3 Å². The molecule has 5 heteroatoms. The van der Waals surface area contributed by atoms with Crippen molar-refractivity contribution in [3.8, 4) is 0 Å².